The van der Waals surface area contributed by atoms with Crippen molar-refractivity contribution in [1.82, 2.24) is 0 Å². The predicted octanol–water partition coefficient (Wildman–Crippen LogP) is 1.12. The summed E-state index contributed by atoms with van der Waals surface area (Å²) in [7, 11) is -9.33. The highest BCUT2D eigenvalue weighted by Crippen LogP contribution is 2.17. The molecule has 2 aromatic rings. The van der Waals surface area contributed by atoms with Gasteiger partial charge in [0.15, 0.2) is 0 Å². The van der Waals surface area contributed by atoms with Crippen LogP contribution in [0.3, 0.4) is 0 Å². The third kappa shape index (κ3) is 13.9. The predicted molar refractivity (Wildman–Crippen MR) is 96.4 cm³/mol. The molecule has 12 heteroatoms. The summed E-state index contributed by atoms with van der Waals surface area (Å²) in [5, 5.41) is 0. The van der Waals surface area contributed by atoms with Gasteiger partial charge in [0.2, 0.25) is 0 Å². The van der Waals surface area contributed by atoms with Crippen molar-refractivity contribution in [1.29, 1.82) is 0 Å². The highest BCUT2D eigenvalue weighted by Gasteiger charge is 2.03. The van der Waals surface area contributed by atoms with E-state index in [1.165, 1.54) is 0 Å². The van der Waals surface area contributed by atoms with Gasteiger partial charge in [0.1, 0.15) is 0 Å². The number of hydrogen-bond donors (Lipinski definition) is 6. The Balaban J connectivity index is 0.000000520. The minimum Gasteiger partial charge on any atom is -0.397 e. The summed E-state index contributed by atoms with van der Waals surface area (Å²) in [6, 6.07) is 19.5. The minimum absolute atomic E-state index is 0.617. The van der Waals surface area contributed by atoms with Gasteiger partial charge in [0.05, 0.1) is 11.4 Å². The normalized spacial score (nSPS) is 11.8. The molecule has 0 unspecified atom stereocenters. The maximum absolute atomic E-state index is 8.74. The monoisotopic (exact) mass is 406 g/mol. The molecule has 0 radical (unpaired) electrons. The van der Waals surface area contributed by atoms with E-state index in [0.29, 0.717) is 11.4 Å². The standard InChI is InChI=1S/C14H14N2.2H2O4S/c15-13(11-7-3-1-4-8-11)14(16)12-9-5-2-6-10-12;2*1-5(2,3)4/h1-10H,15-16H2;2*(H2,1,2,3,4). The van der Waals surface area contributed by atoms with Crippen molar-refractivity contribution in [2.75, 3.05) is 0 Å². The molecule has 2 aromatic carbocycles. The second-order valence-corrected chi connectivity index (χ2v) is 6.25. The van der Waals surface area contributed by atoms with E-state index < -0.39 is 20.8 Å². The lowest BCUT2D eigenvalue weighted by Gasteiger charge is -2.07. The van der Waals surface area contributed by atoms with Crippen LogP contribution in [0.25, 0.3) is 11.4 Å². The molecule has 0 spiro atoms. The van der Waals surface area contributed by atoms with Crippen LogP contribution >= 0.6 is 0 Å². The second kappa shape index (κ2) is 10.5. The Kier molecular flexibility index (Phi) is 9.50. The van der Waals surface area contributed by atoms with Crippen molar-refractivity contribution in [3.8, 4) is 0 Å². The van der Waals surface area contributed by atoms with E-state index in [1.807, 2.05) is 60.7 Å². The van der Waals surface area contributed by atoms with E-state index in [9.17, 15) is 0 Å². The summed E-state index contributed by atoms with van der Waals surface area (Å²) in [6.45, 7) is 0. The smallest absolute Gasteiger partial charge is 0.394 e. The average Bonchev–Trinajstić information content (AvgIpc) is 2.52. The van der Waals surface area contributed by atoms with Crippen LogP contribution in [0, 0.1) is 0 Å². The van der Waals surface area contributed by atoms with Crippen molar-refractivity contribution in [2.45, 2.75) is 0 Å². The molecule has 0 aliphatic heterocycles. The zero-order valence-electron chi connectivity index (χ0n) is 13.2. The zero-order chi connectivity index (χ0) is 20.4. The van der Waals surface area contributed by atoms with Gasteiger partial charge in [-0.1, -0.05) is 60.7 Å². The van der Waals surface area contributed by atoms with Crippen LogP contribution in [0.2, 0.25) is 0 Å². The summed E-state index contributed by atoms with van der Waals surface area (Å²) in [5.41, 5.74) is 15.2. The molecular weight excluding hydrogens is 388 g/mol. The average molecular weight is 406 g/mol. The highest BCUT2D eigenvalue weighted by molar-refractivity contribution is 7.80. The molecule has 0 saturated heterocycles. The molecule has 26 heavy (non-hydrogen) atoms. The molecule has 0 atom stereocenters. The van der Waals surface area contributed by atoms with E-state index in [1.54, 1.807) is 0 Å². The van der Waals surface area contributed by atoms with Gasteiger partial charge >= 0.3 is 20.8 Å². The van der Waals surface area contributed by atoms with Gasteiger partial charge in [-0.2, -0.15) is 16.8 Å². The molecule has 0 aliphatic rings. The molecule has 0 aromatic heterocycles. The summed E-state index contributed by atoms with van der Waals surface area (Å²) in [5.74, 6) is 0. The van der Waals surface area contributed by atoms with E-state index in [0.717, 1.165) is 11.1 Å². The van der Waals surface area contributed by atoms with Gasteiger partial charge in [-0.25, -0.2) is 0 Å². The first-order valence-electron chi connectivity index (χ1n) is 6.55. The highest BCUT2D eigenvalue weighted by atomic mass is 32.3. The SMILES string of the molecule is NC(=C(N)c1ccccc1)c1ccccc1.O=S(=O)(O)O.O=S(=O)(O)O. The first-order valence-corrected chi connectivity index (χ1v) is 9.34. The number of nitrogens with two attached hydrogens (primary N) is 2. The van der Waals surface area contributed by atoms with Crippen LogP contribution in [-0.2, 0) is 20.8 Å². The molecule has 0 amide bonds. The molecule has 0 fully saturated rings. The Bertz CT molecular complexity index is 818. The summed E-state index contributed by atoms with van der Waals surface area (Å²) in [4.78, 5) is 0. The van der Waals surface area contributed by atoms with Gasteiger partial charge < -0.3 is 11.5 Å². The van der Waals surface area contributed by atoms with E-state index in [4.69, 9.17) is 46.5 Å². The number of rotatable bonds is 2. The molecule has 0 bridgehead atoms. The van der Waals surface area contributed by atoms with Crippen molar-refractivity contribution >= 4 is 32.2 Å². The fourth-order valence-corrected chi connectivity index (χ4v) is 1.55. The van der Waals surface area contributed by atoms with Crippen LogP contribution in [-0.4, -0.2) is 35.0 Å². The lowest BCUT2D eigenvalue weighted by atomic mass is 10.1. The van der Waals surface area contributed by atoms with Crippen molar-refractivity contribution in [3.63, 3.8) is 0 Å². The van der Waals surface area contributed by atoms with E-state index in [2.05, 4.69) is 0 Å². The first kappa shape index (κ1) is 23.5. The molecule has 144 valence electrons. The fourth-order valence-electron chi connectivity index (χ4n) is 1.55. The van der Waals surface area contributed by atoms with Gasteiger partial charge in [-0.15, -0.1) is 0 Å². The first-order chi connectivity index (χ1) is 11.8. The van der Waals surface area contributed by atoms with Crippen molar-refractivity contribution < 1.29 is 35.0 Å². The Labute approximate surface area is 150 Å². The Morgan fingerprint density at radius 1 is 0.577 bits per heavy atom. The zero-order valence-corrected chi connectivity index (χ0v) is 14.8. The second-order valence-electron chi connectivity index (χ2n) is 4.46. The van der Waals surface area contributed by atoms with Gasteiger partial charge in [-0.05, 0) is 11.1 Å². The topological polar surface area (TPSA) is 201 Å². The quantitative estimate of drug-likeness (QED) is 0.310. The Hall–Kier alpha value is -2.48. The van der Waals surface area contributed by atoms with Crippen LogP contribution in [0.1, 0.15) is 11.1 Å². The van der Waals surface area contributed by atoms with E-state index >= 15 is 0 Å². The van der Waals surface area contributed by atoms with Gasteiger partial charge in [-0.3, -0.25) is 18.2 Å². The fraction of sp³-hybridized carbons (Fsp3) is 0. The van der Waals surface area contributed by atoms with Gasteiger partial charge in [0.25, 0.3) is 0 Å². The number of benzene rings is 2. The van der Waals surface area contributed by atoms with E-state index in [-0.39, 0.29) is 0 Å². The minimum atomic E-state index is -4.67. The molecule has 2 rings (SSSR count). The maximum Gasteiger partial charge on any atom is 0.394 e. The summed E-state index contributed by atoms with van der Waals surface area (Å²) < 4.78 is 63.2. The number of hydrogen-bond acceptors (Lipinski definition) is 6. The third-order valence-electron chi connectivity index (χ3n) is 2.46. The summed E-state index contributed by atoms with van der Waals surface area (Å²) >= 11 is 0. The molecule has 10 nitrogen and oxygen atoms in total. The van der Waals surface area contributed by atoms with Gasteiger partial charge in [0, 0.05) is 0 Å². The van der Waals surface area contributed by atoms with Crippen molar-refractivity contribution in [2.24, 2.45) is 11.5 Å². The third-order valence-corrected chi connectivity index (χ3v) is 2.46. The Morgan fingerprint density at radius 3 is 0.962 bits per heavy atom. The lowest BCUT2D eigenvalue weighted by Crippen LogP contribution is -2.07. The van der Waals surface area contributed by atoms with Crippen LogP contribution in [0.5, 0.6) is 0 Å². The Morgan fingerprint density at radius 2 is 0.769 bits per heavy atom. The molecule has 8 N–H and O–H groups in total. The van der Waals surface area contributed by atoms with Crippen LogP contribution < -0.4 is 11.5 Å². The lowest BCUT2D eigenvalue weighted by molar-refractivity contribution is 0.378. The summed E-state index contributed by atoms with van der Waals surface area (Å²) in [6.07, 6.45) is 0. The molecular formula is C14H18N2O8S2. The van der Waals surface area contributed by atoms with Crippen LogP contribution in [0.4, 0.5) is 0 Å². The molecule has 0 aliphatic carbocycles. The van der Waals surface area contributed by atoms with Crippen LogP contribution in [0.15, 0.2) is 60.7 Å². The largest absolute Gasteiger partial charge is 0.397 e. The maximum atomic E-state index is 8.74. The molecule has 0 saturated carbocycles. The molecule has 0 heterocycles. The van der Waals surface area contributed by atoms with Crippen molar-refractivity contribution in [3.05, 3.63) is 71.8 Å².